The standard InChI is InChI=1S/C12H19NOS2/c1-12(2,3)6-5-7-13(4)8-10(15)9(14)11(8)16/h15H,5-7H2,1-4H3. The lowest BCUT2D eigenvalue weighted by Gasteiger charge is -2.25. The molecular weight excluding hydrogens is 238 g/mol. The lowest BCUT2D eigenvalue weighted by Crippen LogP contribution is -2.27. The van der Waals surface area contributed by atoms with Crippen LogP contribution in [0, 0.1) is 9.93 Å². The van der Waals surface area contributed by atoms with E-state index in [1.165, 1.54) is 0 Å². The van der Waals surface area contributed by atoms with Gasteiger partial charge in [-0.3, -0.25) is 4.79 Å². The number of nitrogens with zero attached hydrogens (tertiary/aromatic N) is 1. The van der Waals surface area contributed by atoms with Crippen LogP contribution in [0.4, 0.5) is 5.69 Å². The van der Waals surface area contributed by atoms with Crippen LogP contribution in [0.5, 0.6) is 0 Å². The molecule has 0 saturated carbocycles. The number of hydrogen-bond donors (Lipinski definition) is 1. The van der Waals surface area contributed by atoms with Gasteiger partial charge in [0.25, 0.3) is 0 Å². The molecule has 90 valence electrons. The lowest BCUT2D eigenvalue weighted by atomic mass is 9.90. The lowest BCUT2D eigenvalue weighted by molar-refractivity contribution is 0.367. The van der Waals surface area contributed by atoms with Gasteiger partial charge >= 0.3 is 0 Å². The molecule has 0 unspecified atom stereocenters. The first kappa shape index (κ1) is 13.7. The smallest absolute Gasteiger partial charge is 0.214 e. The Kier molecular flexibility index (Phi) is 4.18. The molecule has 1 aromatic carbocycles. The van der Waals surface area contributed by atoms with Crippen LogP contribution in [0.2, 0.25) is 0 Å². The minimum atomic E-state index is -0.0870. The van der Waals surface area contributed by atoms with Gasteiger partial charge in [0.05, 0.1) is 10.6 Å². The van der Waals surface area contributed by atoms with Crippen LogP contribution in [0.25, 0.3) is 0 Å². The van der Waals surface area contributed by atoms with Crippen LogP contribution in [0.15, 0.2) is 9.69 Å². The summed E-state index contributed by atoms with van der Waals surface area (Å²) in [6, 6.07) is 0. The monoisotopic (exact) mass is 257 g/mol. The SMILES string of the molecule is CN(CCCC(C)(C)C)c1c(S)c(=O)c1=S. The van der Waals surface area contributed by atoms with Crippen molar-refractivity contribution in [1.29, 1.82) is 0 Å². The van der Waals surface area contributed by atoms with Crippen LogP contribution in [-0.2, 0) is 0 Å². The van der Waals surface area contributed by atoms with Crippen molar-refractivity contribution >= 4 is 30.5 Å². The van der Waals surface area contributed by atoms with Crippen molar-refractivity contribution in [2.24, 2.45) is 5.41 Å². The zero-order valence-corrected chi connectivity index (χ0v) is 12.0. The molecule has 0 amide bonds. The zero-order chi connectivity index (χ0) is 12.5. The van der Waals surface area contributed by atoms with Crippen molar-refractivity contribution in [2.45, 2.75) is 38.5 Å². The van der Waals surface area contributed by atoms with Gasteiger partial charge in [0.1, 0.15) is 4.51 Å². The van der Waals surface area contributed by atoms with Crippen LogP contribution in [0.3, 0.4) is 0 Å². The molecule has 0 N–H and O–H groups in total. The summed E-state index contributed by atoms with van der Waals surface area (Å²) < 4.78 is 0.434. The molecule has 0 aliphatic carbocycles. The highest BCUT2D eigenvalue weighted by Gasteiger charge is 2.18. The molecular formula is C12H19NOS2. The van der Waals surface area contributed by atoms with E-state index in [1.54, 1.807) is 0 Å². The maximum atomic E-state index is 11.2. The summed E-state index contributed by atoms with van der Waals surface area (Å²) in [5.74, 6) is 0. The van der Waals surface area contributed by atoms with Gasteiger partial charge in [-0.25, -0.2) is 0 Å². The van der Waals surface area contributed by atoms with Gasteiger partial charge in [-0.2, -0.15) is 0 Å². The summed E-state index contributed by atoms with van der Waals surface area (Å²) in [7, 11) is 1.97. The van der Waals surface area contributed by atoms with Crippen molar-refractivity contribution in [2.75, 3.05) is 18.5 Å². The molecule has 0 fully saturated rings. The molecule has 0 heterocycles. The highest BCUT2D eigenvalue weighted by Crippen LogP contribution is 2.26. The molecule has 0 aliphatic heterocycles. The van der Waals surface area contributed by atoms with Crippen molar-refractivity contribution in [3.63, 3.8) is 0 Å². The fourth-order valence-electron chi connectivity index (χ4n) is 1.68. The fraction of sp³-hybridized carbons (Fsp3) is 0.667. The third-order valence-electron chi connectivity index (χ3n) is 2.66. The van der Waals surface area contributed by atoms with Crippen LogP contribution in [0.1, 0.15) is 33.6 Å². The van der Waals surface area contributed by atoms with E-state index in [-0.39, 0.29) is 5.43 Å². The predicted octanol–water partition coefficient (Wildman–Crippen LogP) is 3.20. The Morgan fingerprint density at radius 3 is 2.38 bits per heavy atom. The summed E-state index contributed by atoms with van der Waals surface area (Å²) in [5.41, 5.74) is 1.11. The Labute approximate surface area is 108 Å². The third-order valence-corrected chi connectivity index (χ3v) is 3.46. The first-order valence-corrected chi connectivity index (χ1v) is 6.33. The van der Waals surface area contributed by atoms with E-state index in [2.05, 4.69) is 33.4 Å². The molecule has 1 aromatic rings. The number of rotatable bonds is 4. The van der Waals surface area contributed by atoms with Crippen molar-refractivity contribution in [1.82, 2.24) is 0 Å². The first-order chi connectivity index (χ1) is 7.24. The van der Waals surface area contributed by atoms with Gasteiger partial charge in [0.15, 0.2) is 0 Å². The second kappa shape index (κ2) is 4.88. The zero-order valence-electron chi connectivity index (χ0n) is 10.3. The van der Waals surface area contributed by atoms with E-state index in [4.69, 9.17) is 12.2 Å². The minimum absolute atomic E-state index is 0.0870. The van der Waals surface area contributed by atoms with E-state index in [9.17, 15) is 4.79 Å². The largest absolute Gasteiger partial charge is 0.372 e. The summed E-state index contributed by atoms with van der Waals surface area (Å²) in [5, 5.41) is 0. The second-order valence-electron chi connectivity index (χ2n) is 5.44. The molecule has 0 spiro atoms. The minimum Gasteiger partial charge on any atom is -0.372 e. The number of anilines is 1. The topological polar surface area (TPSA) is 20.3 Å². The van der Waals surface area contributed by atoms with Crippen molar-refractivity contribution in [3.8, 4) is 0 Å². The molecule has 2 nitrogen and oxygen atoms in total. The second-order valence-corrected chi connectivity index (χ2v) is 6.30. The van der Waals surface area contributed by atoms with E-state index in [0.29, 0.717) is 14.8 Å². The molecule has 4 heteroatoms. The molecule has 0 atom stereocenters. The van der Waals surface area contributed by atoms with Crippen LogP contribution in [-0.4, -0.2) is 13.6 Å². The molecule has 16 heavy (non-hydrogen) atoms. The maximum absolute atomic E-state index is 11.2. The quantitative estimate of drug-likeness (QED) is 0.661. The summed E-state index contributed by atoms with van der Waals surface area (Å²) in [6.45, 7) is 7.61. The van der Waals surface area contributed by atoms with E-state index >= 15 is 0 Å². The van der Waals surface area contributed by atoms with Crippen LogP contribution >= 0.6 is 24.8 Å². The van der Waals surface area contributed by atoms with Gasteiger partial charge in [-0.15, -0.1) is 12.6 Å². The Balaban J connectivity index is 2.52. The first-order valence-electron chi connectivity index (χ1n) is 5.47. The average molecular weight is 257 g/mol. The highest BCUT2D eigenvalue weighted by molar-refractivity contribution is 7.80. The Morgan fingerprint density at radius 2 is 1.94 bits per heavy atom. The Morgan fingerprint density at radius 1 is 1.38 bits per heavy atom. The summed E-state index contributed by atoms with van der Waals surface area (Å²) in [4.78, 5) is 13.8. The highest BCUT2D eigenvalue weighted by atomic mass is 32.1. The molecule has 0 aliphatic rings. The predicted molar refractivity (Wildman–Crippen MR) is 75.1 cm³/mol. The normalized spacial score (nSPS) is 12.1. The average Bonchev–Trinajstić information content (AvgIpc) is 2.15. The van der Waals surface area contributed by atoms with Crippen LogP contribution < -0.4 is 10.3 Å². The number of hydrogen-bond acceptors (Lipinski definition) is 4. The summed E-state index contributed by atoms with van der Waals surface area (Å²) in [6.07, 6.45) is 2.26. The van der Waals surface area contributed by atoms with Crippen molar-refractivity contribution in [3.05, 3.63) is 14.7 Å². The van der Waals surface area contributed by atoms with E-state index in [0.717, 1.165) is 25.1 Å². The van der Waals surface area contributed by atoms with E-state index < -0.39 is 0 Å². The van der Waals surface area contributed by atoms with Crippen molar-refractivity contribution < 1.29 is 0 Å². The van der Waals surface area contributed by atoms with E-state index in [1.807, 2.05) is 11.9 Å². The molecule has 1 rings (SSSR count). The van der Waals surface area contributed by atoms with Gasteiger partial charge in [0, 0.05) is 13.6 Å². The summed E-state index contributed by atoms with van der Waals surface area (Å²) >= 11 is 9.16. The third kappa shape index (κ3) is 3.08. The number of thiol groups is 1. The maximum Gasteiger partial charge on any atom is 0.214 e. The molecule has 0 saturated heterocycles. The molecule has 0 bridgehead atoms. The van der Waals surface area contributed by atoms with Gasteiger partial charge < -0.3 is 4.90 Å². The Hall–Kier alpha value is -0.350. The molecule has 0 aromatic heterocycles. The van der Waals surface area contributed by atoms with Gasteiger partial charge in [-0.1, -0.05) is 33.0 Å². The fourth-order valence-corrected chi connectivity index (χ4v) is 2.59. The molecule has 0 radical (unpaired) electrons. The van der Waals surface area contributed by atoms with Gasteiger partial charge in [-0.05, 0) is 18.3 Å². The Bertz CT molecular complexity index is 438. The van der Waals surface area contributed by atoms with Gasteiger partial charge in [0.2, 0.25) is 5.43 Å².